The van der Waals surface area contributed by atoms with Gasteiger partial charge in [-0.3, -0.25) is 26.3 Å². The van der Waals surface area contributed by atoms with Gasteiger partial charge >= 0.3 is 11.7 Å². The second-order valence-electron chi connectivity index (χ2n) is 4.53. The Morgan fingerprint density at radius 1 is 1.30 bits per heavy atom. The molecule has 0 radical (unpaired) electrons. The summed E-state index contributed by atoms with van der Waals surface area (Å²) in [7, 11) is 1.49. The van der Waals surface area contributed by atoms with Crippen molar-refractivity contribution < 1.29 is 9.72 Å². The molecule has 2 aromatic rings. The molecule has 0 atom stereocenters. The minimum Gasteiger partial charge on any atom is -0.297 e. The molecule has 0 unspecified atom stereocenters. The number of hydrazine groups is 1. The third-order valence-electron chi connectivity index (χ3n) is 2.79. The zero-order valence-electron chi connectivity index (χ0n) is 12.1. The minimum atomic E-state index is -0.716. The van der Waals surface area contributed by atoms with Crippen LogP contribution in [0.3, 0.4) is 0 Å². The van der Waals surface area contributed by atoms with Crippen LogP contribution in [-0.2, 0) is 7.05 Å². The first kappa shape index (κ1) is 16.8. The van der Waals surface area contributed by atoms with Crippen LogP contribution < -0.4 is 16.2 Å². The molecule has 2 amide bonds. The van der Waals surface area contributed by atoms with Crippen molar-refractivity contribution in [2.24, 2.45) is 7.05 Å². The zero-order valence-corrected chi connectivity index (χ0v) is 13.6. The van der Waals surface area contributed by atoms with Crippen molar-refractivity contribution in [2.45, 2.75) is 6.92 Å². The molecular weight excluding hydrogens is 347 g/mol. The Balaban J connectivity index is 2.07. The lowest BCUT2D eigenvalue weighted by molar-refractivity contribution is -0.384. The monoisotopic (exact) mass is 358 g/mol. The summed E-state index contributed by atoms with van der Waals surface area (Å²) in [6.07, 6.45) is 0. The number of urea groups is 1. The Hall–Kier alpha value is -2.52. The summed E-state index contributed by atoms with van der Waals surface area (Å²) in [5, 5.41) is 18.1. The predicted octanol–water partition coefficient (Wildman–Crippen LogP) is 3.09. The Bertz CT molecular complexity index is 756. The van der Waals surface area contributed by atoms with Crippen molar-refractivity contribution >= 4 is 46.4 Å². The highest BCUT2D eigenvalue weighted by molar-refractivity contribution is 6.35. The van der Waals surface area contributed by atoms with Gasteiger partial charge in [-0.2, -0.15) is 5.10 Å². The number of benzene rings is 1. The van der Waals surface area contributed by atoms with Gasteiger partial charge in [-0.15, -0.1) is 0 Å². The van der Waals surface area contributed by atoms with E-state index >= 15 is 0 Å². The van der Waals surface area contributed by atoms with E-state index in [2.05, 4.69) is 21.3 Å². The minimum absolute atomic E-state index is 0.0315. The summed E-state index contributed by atoms with van der Waals surface area (Å²) in [5.74, 6) is -0.0315. The standard InChI is InChI=1S/C12H12Cl2N6O3/c1-6-10(20(22)23)11(19(2)18-6)15-12(21)17-16-9-4-7(13)3-8(14)5-9/h3-5,16H,1-2H3,(H2,15,17,21). The fourth-order valence-corrected chi connectivity index (χ4v) is 2.43. The van der Waals surface area contributed by atoms with Crippen LogP contribution in [0.2, 0.25) is 10.0 Å². The fourth-order valence-electron chi connectivity index (χ4n) is 1.90. The first-order chi connectivity index (χ1) is 10.8. The van der Waals surface area contributed by atoms with Gasteiger partial charge in [0.05, 0.1) is 10.6 Å². The molecule has 0 aliphatic heterocycles. The Kier molecular flexibility index (Phi) is 4.92. The van der Waals surface area contributed by atoms with Crippen LogP contribution in [0.1, 0.15) is 5.69 Å². The number of anilines is 2. The van der Waals surface area contributed by atoms with E-state index < -0.39 is 11.0 Å². The summed E-state index contributed by atoms with van der Waals surface area (Å²) in [5.41, 5.74) is 5.29. The summed E-state index contributed by atoms with van der Waals surface area (Å²) >= 11 is 11.7. The third kappa shape index (κ3) is 4.02. The van der Waals surface area contributed by atoms with Crippen LogP contribution in [0, 0.1) is 17.0 Å². The van der Waals surface area contributed by atoms with Crippen LogP contribution in [0.15, 0.2) is 18.2 Å². The number of rotatable bonds is 4. The van der Waals surface area contributed by atoms with Crippen molar-refractivity contribution in [1.82, 2.24) is 15.2 Å². The van der Waals surface area contributed by atoms with Crippen LogP contribution in [0.5, 0.6) is 0 Å². The van der Waals surface area contributed by atoms with E-state index in [9.17, 15) is 14.9 Å². The molecule has 122 valence electrons. The van der Waals surface area contributed by atoms with Gasteiger partial charge in [0, 0.05) is 17.1 Å². The molecule has 11 heteroatoms. The van der Waals surface area contributed by atoms with E-state index in [1.165, 1.54) is 24.7 Å². The van der Waals surface area contributed by atoms with Crippen molar-refractivity contribution in [2.75, 3.05) is 10.7 Å². The maximum atomic E-state index is 11.9. The molecule has 1 aromatic carbocycles. The first-order valence-electron chi connectivity index (χ1n) is 6.25. The molecule has 0 saturated heterocycles. The molecule has 3 N–H and O–H groups in total. The maximum absolute atomic E-state index is 11.9. The van der Waals surface area contributed by atoms with Crippen molar-refractivity contribution in [1.29, 1.82) is 0 Å². The van der Waals surface area contributed by atoms with Gasteiger partial charge in [0.2, 0.25) is 5.82 Å². The van der Waals surface area contributed by atoms with Crippen molar-refractivity contribution in [3.63, 3.8) is 0 Å². The molecule has 0 aliphatic carbocycles. The van der Waals surface area contributed by atoms with E-state index in [0.29, 0.717) is 15.7 Å². The number of hydrogen-bond donors (Lipinski definition) is 3. The van der Waals surface area contributed by atoms with E-state index in [1.807, 2.05) is 0 Å². The molecule has 1 aromatic heterocycles. The SMILES string of the molecule is Cc1nn(C)c(NC(=O)NNc2cc(Cl)cc(Cl)c2)c1[N+](=O)[O-]. The Morgan fingerprint density at radius 2 is 1.91 bits per heavy atom. The molecule has 0 bridgehead atoms. The summed E-state index contributed by atoms with van der Waals surface area (Å²) in [6, 6.07) is 3.91. The number of carbonyl (C=O) groups excluding carboxylic acids is 1. The molecule has 0 spiro atoms. The largest absolute Gasteiger partial charge is 0.339 e. The van der Waals surface area contributed by atoms with Gasteiger partial charge in [0.25, 0.3) is 0 Å². The number of nitrogens with zero attached hydrogens (tertiary/aromatic N) is 3. The number of aryl methyl sites for hydroxylation is 2. The van der Waals surface area contributed by atoms with Crippen LogP contribution in [0.4, 0.5) is 22.0 Å². The first-order valence-corrected chi connectivity index (χ1v) is 7.00. The molecule has 0 fully saturated rings. The smallest absolute Gasteiger partial charge is 0.297 e. The second-order valence-corrected chi connectivity index (χ2v) is 5.40. The quantitative estimate of drug-likeness (QED) is 0.573. The molecule has 0 saturated carbocycles. The maximum Gasteiger partial charge on any atom is 0.339 e. The average molecular weight is 359 g/mol. The highest BCUT2D eigenvalue weighted by atomic mass is 35.5. The van der Waals surface area contributed by atoms with Crippen molar-refractivity contribution in [3.05, 3.63) is 44.1 Å². The van der Waals surface area contributed by atoms with Crippen molar-refractivity contribution in [3.8, 4) is 0 Å². The number of nitrogens with one attached hydrogen (secondary N) is 3. The lowest BCUT2D eigenvalue weighted by Crippen LogP contribution is -2.34. The highest BCUT2D eigenvalue weighted by Crippen LogP contribution is 2.27. The van der Waals surface area contributed by atoms with E-state index in [-0.39, 0.29) is 17.2 Å². The molecule has 0 aliphatic rings. The highest BCUT2D eigenvalue weighted by Gasteiger charge is 2.25. The zero-order chi connectivity index (χ0) is 17.1. The molecule has 23 heavy (non-hydrogen) atoms. The van der Waals surface area contributed by atoms with E-state index in [0.717, 1.165) is 0 Å². The molecule has 1 heterocycles. The third-order valence-corrected chi connectivity index (χ3v) is 3.22. The van der Waals surface area contributed by atoms with Gasteiger partial charge in [-0.1, -0.05) is 23.2 Å². The van der Waals surface area contributed by atoms with Crippen LogP contribution >= 0.6 is 23.2 Å². The van der Waals surface area contributed by atoms with Crippen LogP contribution in [-0.4, -0.2) is 20.7 Å². The van der Waals surface area contributed by atoms with Gasteiger partial charge in [0.1, 0.15) is 5.69 Å². The number of hydrogen-bond acceptors (Lipinski definition) is 5. The van der Waals surface area contributed by atoms with Gasteiger partial charge in [0.15, 0.2) is 0 Å². The number of carbonyl (C=O) groups is 1. The molecular formula is C12H12Cl2N6O3. The predicted molar refractivity (Wildman–Crippen MR) is 86.8 cm³/mol. The molecule has 9 nitrogen and oxygen atoms in total. The van der Waals surface area contributed by atoms with Crippen LogP contribution in [0.25, 0.3) is 0 Å². The molecule has 2 rings (SSSR count). The summed E-state index contributed by atoms with van der Waals surface area (Å²) in [4.78, 5) is 22.3. The Labute approximate surface area is 140 Å². The number of aromatic nitrogens is 2. The fraction of sp³-hybridized carbons (Fsp3) is 0.167. The number of amides is 2. The Morgan fingerprint density at radius 3 is 2.48 bits per heavy atom. The summed E-state index contributed by atoms with van der Waals surface area (Å²) in [6.45, 7) is 1.48. The van der Waals surface area contributed by atoms with Gasteiger partial charge < -0.3 is 0 Å². The number of halogens is 2. The van der Waals surface area contributed by atoms with Gasteiger partial charge in [-0.05, 0) is 25.1 Å². The second kappa shape index (κ2) is 6.71. The summed E-state index contributed by atoms with van der Waals surface area (Å²) < 4.78 is 1.21. The average Bonchev–Trinajstić information content (AvgIpc) is 2.70. The lowest BCUT2D eigenvalue weighted by atomic mass is 10.3. The van der Waals surface area contributed by atoms with E-state index in [4.69, 9.17) is 23.2 Å². The lowest BCUT2D eigenvalue weighted by Gasteiger charge is -2.10. The topological polar surface area (TPSA) is 114 Å². The van der Waals surface area contributed by atoms with Gasteiger partial charge in [-0.25, -0.2) is 9.48 Å². The normalized spacial score (nSPS) is 10.3. The number of nitro groups is 1. The van der Waals surface area contributed by atoms with E-state index in [1.54, 1.807) is 12.1 Å².